The fourth-order valence-electron chi connectivity index (χ4n) is 2.29. The van der Waals surface area contributed by atoms with Crippen molar-refractivity contribution in [3.05, 3.63) is 59.1 Å². The van der Waals surface area contributed by atoms with Crippen LogP contribution in [-0.2, 0) is 0 Å². The van der Waals surface area contributed by atoms with Crippen molar-refractivity contribution in [2.24, 2.45) is 0 Å². The highest BCUT2D eigenvalue weighted by Gasteiger charge is 2.06. The molecular weight excluding hydrogens is 277 g/mol. The number of nitrogens with zero attached hydrogens (tertiary/aromatic N) is 3. The van der Waals surface area contributed by atoms with Gasteiger partial charge in [0.1, 0.15) is 6.67 Å². The summed E-state index contributed by atoms with van der Waals surface area (Å²) in [5.41, 5.74) is 2.62. The first-order valence-electron chi connectivity index (χ1n) is 6.90. The minimum Gasteiger partial charge on any atom is -0.372 e. The van der Waals surface area contributed by atoms with E-state index in [1.807, 2.05) is 54.4 Å². The Morgan fingerprint density at radius 1 is 1.27 bits per heavy atom. The van der Waals surface area contributed by atoms with Crippen molar-refractivity contribution in [3.63, 3.8) is 0 Å². The molecule has 0 unspecified atom stereocenters. The van der Waals surface area contributed by atoms with Gasteiger partial charge in [0.15, 0.2) is 0 Å². The van der Waals surface area contributed by atoms with E-state index in [1.165, 1.54) is 0 Å². The number of halogens is 1. The van der Waals surface area contributed by atoms with E-state index in [9.17, 15) is 4.39 Å². The highest BCUT2D eigenvalue weighted by Crippen LogP contribution is 2.26. The summed E-state index contributed by atoms with van der Waals surface area (Å²) >= 11 is 0. The Labute approximate surface area is 129 Å². The predicted molar refractivity (Wildman–Crippen MR) is 88.0 cm³/mol. The Bertz CT molecular complexity index is 793. The first-order chi connectivity index (χ1) is 10.6. The third-order valence-corrected chi connectivity index (χ3v) is 3.69. The first kappa shape index (κ1) is 15.5. The zero-order chi connectivity index (χ0) is 16.1. The fourth-order valence-corrected chi connectivity index (χ4v) is 2.29. The van der Waals surface area contributed by atoms with Crippen molar-refractivity contribution in [2.45, 2.75) is 6.92 Å². The van der Waals surface area contributed by atoms with Crippen LogP contribution in [0.3, 0.4) is 0 Å². The topological polar surface area (TPSA) is 31.4 Å². The summed E-state index contributed by atoms with van der Waals surface area (Å²) in [7, 11) is 1.86. The molecule has 0 amide bonds. The lowest BCUT2D eigenvalue weighted by Crippen LogP contribution is -2.19. The second kappa shape index (κ2) is 6.74. The fraction of sp³-hybridized carbons (Fsp3) is 0.222. The maximum absolute atomic E-state index is 12.4. The second-order valence-electron chi connectivity index (χ2n) is 5.05. The maximum Gasteiger partial charge on any atom is 0.265 e. The minimum atomic E-state index is -0.384. The van der Waals surface area contributed by atoms with E-state index in [4.69, 9.17) is 11.8 Å². The van der Waals surface area contributed by atoms with Crippen LogP contribution in [0.2, 0.25) is 0 Å². The maximum atomic E-state index is 12.4. The number of anilines is 1. The third-order valence-electron chi connectivity index (χ3n) is 3.69. The van der Waals surface area contributed by atoms with Gasteiger partial charge < -0.3 is 4.90 Å². The Kier molecular flexibility index (Phi) is 4.76. The van der Waals surface area contributed by atoms with Crippen LogP contribution in [0.5, 0.6) is 0 Å². The van der Waals surface area contributed by atoms with Crippen molar-refractivity contribution in [1.29, 1.82) is 5.26 Å². The van der Waals surface area contributed by atoms with Crippen LogP contribution >= 0.6 is 0 Å². The lowest BCUT2D eigenvalue weighted by atomic mass is 10.0. The number of fused-ring (bicyclic) bond motifs is 1. The molecule has 0 aliphatic heterocycles. The molecule has 0 spiro atoms. The lowest BCUT2D eigenvalue weighted by Gasteiger charge is -2.18. The van der Waals surface area contributed by atoms with E-state index in [0.29, 0.717) is 12.1 Å². The van der Waals surface area contributed by atoms with Gasteiger partial charge in [0, 0.05) is 19.3 Å². The molecule has 0 heterocycles. The van der Waals surface area contributed by atoms with Crippen LogP contribution in [0.25, 0.3) is 21.2 Å². The van der Waals surface area contributed by atoms with Gasteiger partial charge in [-0.1, -0.05) is 18.2 Å². The van der Waals surface area contributed by atoms with Crippen LogP contribution in [0.4, 0.5) is 10.1 Å². The molecule has 0 aromatic heterocycles. The molecule has 2 rings (SSSR count). The Hall–Kier alpha value is -2.85. The SMILES string of the molecule is [C-]#[N+]C(C#N)=C(C)c1ccc2cc(N(C)CCF)ccc2c1. The Balaban J connectivity index is 2.46. The van der Waals surface area contributed by atoms with Gasteiger partial charge in [-0.05, 0) is 47.0 Å². The molecule has 0 bridgehead atoms. The molecule has 0 N–H and O–H groups in total. The highest BCUT2D eigenvalue weighted by molar-refractivity contribution is 5.89. The summed E-state index contributed by atoms with van der Waals surface area (Å²) in [6.45, 7) is 8.78. The van der Waals surface area contributed by atoms with E-state index in [0.717, 1.165) is 22.0 Å². The van der Waals surface area contributed by atoms with Crippen LogP contribution in [-0.4, -0.2) is 20.3 Å². The molecule has 0 saturated carbocycles. The van der Waals surface area contributed by atoms with Crippen LogP contribution < -0.4 is 4.90 Å². The lowest BCUT2D eigenvalue weighted by molar-refractivity contribution is 0.497. The molecule has 2 aromatic rings. The van der Waals surface area contributed by atoms with Crippen molar-refractivity contribution in [2.75, 3.05) is 25.2 Å². The number of alkyl halides is 1. The van der Waals surface area contributed by atoms with E-state index in [1.54, 1.807) is 6.92 Å². The molecule has 0 aliphatic rings. The number of hydrogen-bond donors (Lipinski definition) is 0. The van der Waals surface area contributed by atoms with Crippen molar-refractivity contribution >= 4 is 22.0 Å². The van der Waals surface area contributed by atoms with Crippen LogP contribution in [0, 0.1) is 17.9 Å². The van der Waals surface area contributed by atoms with Crippen molar-refractivity contribution in [1.82, 2.24) is 0 Å². The average molecular weight is 293 g/mol. The molecule has 3 nitrogen and oxygen atoms in total. The molecule has 0 atom stereocenters. The summed E-state index contributed by atoms with van der Waals surface area (Å²) in [6, 6.07) is 13.7. The smallest absolute Gasteiger partial charge is 0.265 e. The van der Waals surface area contributed by atoms with E-state index in [2.05, 4.69) is 4.85 Å². The molecule has 0 fully saturated rings. The number of rotatable bonds is 4. The van der Waals surface area contributed by atoms with Gasteiger partial charge >= 0.3 is 0 Å². The van der Waals surface area contributed by atoms with Gasteiger partial charge in [-0.2, -0.15) is 0 Å². The van der Waals surface area contributed by atoms with Crippen molar-refractivity contribution in [3.8, 4) is 6.07 Å². The predicted octanol–water partition coefficient (Wildman–Crippen LogP) is 4.42. The van der Waals surface area contributed by atoms with E-state index >= 15 is 0 Å². The normalized spacial score (nSPS) is 11.5. The number of benzene rings is 2. The van der Waals surface area contributed by atoms with E-state index < -0.39 is 0 Å². The largest absolute Gasteiger partial charge is 0.372 e. The van der Waals surface area contributed by atoms with Gasteiger partial charge in [0.05, 0.1) is 12.6 Å². The number of nitriles is 1. The molecular formula is C18H16FN3. The Morgan fingerprint density at radius 3 is 2.59 bits per heavy atom. The monoisotopic (exact) mass is 293 g/mol. The molecule has 4 heteroatoms. The second-order valence-corrected chi connectivity index (χ2v) is 5.05. The molecule has 22 heavy (non-hydrogen) atoms. The zero-order valence-electron chi connectivity index (χ0n) is 12.6. The number of allylic oxidation sites excluding steroid dienone is 2. The Morgan fingerprint density at radius 2 is 1.95 bits per heavy atom. The van der Waals surface area contributed by atoms with Gasteiger partial charge in [-0.25, -0.2) is 14.5 Å². The summed E-state index contributed by atoms with van der Waals surface area (Å²) in [6.07, 6.45) is 0. The molecule has 0 saturated heterocycles. The standard InChI is InChI=1S/C18H16FN3/c1-13(18(12-20)21-2)14-4-5-16-11-17(22(3)9-8-19)7-6-15(16)10-14/h4-7,10-11H,8-9H2,1,3H3. The summed E-state index contributed by atoms with van der Waals surface area (Å²) in [5.74, 6) is 0. The van der Waals surface area contributed by atoms with Gasteiger partial charge in [0.2, 0.25) is 0 Å². The molecule has 110 valence electrons. The van der Waals surface area contributed by atoms with Gasteiger partial charge in [-0.15, -0.1) is 0 Å². The third kappa shape index (κ3) is 3.07. The van der Waals surface area contributed by atoms with E-state index in [-0.39, 0.29) is 12.4 Å². The van der Waals surface area contributed by atoms with Gasteiger partial charge in [-0.3, -0.25) is 0 Å². The molecule has 0 radical (unpaired) electrons. The quantitative estimate of drug-likeness (QED) is 0.617. The number of hydrogen-bond acceptors (Lipinski definition) is 2. The summed E-state index contributed by atoms with van der Waals surface area (Å²) < 4.78 is 12.4. The average Bonchev–Trinajstić information content (AvgIpc) is 2.55. The molecule has 2 aromatic carbocycles. The summed E-state index contributed by atoms with van der Waals surface area (Å²) in [5, 5.41) is 11.0. The molecule has 0 aliphatic carbocycles. The first-order valence-corrected chi connectivity index (χ1v) is 6.90. The minimum absolute atomic E-state index is 0.110. The zero-order valence-corrected chi connectivity index (χ0v) is 12.6. The van der Waals surface area contributed by atoms with Crippen LogP contribution in [0.1, 0.15) is 12.5 Å². The van der Waals surface area contributed by atoms with Crippen molar-refractivity contribution < 1.29 is 4.39 Å². The summed E-state index contributed by atoms with van der Waals surface area (Å²) in [4.78, 5) is 5.11. The highest BCUT2D eigenvalue weighted by atomic mass is 19.1. The van der Waals surface area contributed by atoms with Gasteiger partial charge in [0.25, 0.3) is 5.70 Å². The van der Waals surface area contributed by atoms with Crippen LogP contribution in [0.15, 0.2) is 42.1 Å².